The van der Waals surface area contributed by atoms with Crippen molar-refractivity contribution in [3.8, 4) is 5.88 Å². The first-order valence-corrected chi connectivity index (χ1v) is 7.84. The fraction of sp³-hybridized carbons (Fsp3) is 0.467. The molecule has 0 aromatic carbocycles. The molecule has 1 aliphatic rings. The van der Waals surface area contributed by atoms with E-state index in [1.54, 1.807) is 17.0 Å². The van der Waals surface area contributed by atoms with E-state index in [1.165, 1.54) is 0 Å². The van der Waals surface area contributed by atoms with Gasteiger partial charge >= 0.3 is 0 Å². The van der Waals surface area contributed by atoms with Crippen molar-refractivity contribution in [3.05, 3.63) is 34.5 Å². The van der Waals surface area contributed by atoms with Gasteiger partial charge in [-0.3, -0.25) is 4.79 Å². The van der Waals surface area contributed by atoms with Crippen molar-refractivity contribution in [1.29, 1.82) is 0 Å². The Bertz CT molecular complexity index is 743. The van der Waals surface area contributed by atoms with Gasteiger partial charge in [0.25, 0.3) is 5.91 Å². The third kappa shape index (κ3) is 3.14. The van der Waals surface area contributed by atoms with Crippen LogP contribution in [0.25, 0.3) is 0 Å². The monoisotopic (exact) mass is 335 g/mol. The van der Waals surface area contributed by atoms with Gasteiger partial charge in [-0.05, 0) is 26.8 Å². The summed E-state index contributed by atoms with van der Waals surface area (Å²) in [5.74, 6) is 1.79. The van der Waals surface area contributed by atoms with Crippen molar-refractivity contribution in [3.63, 3.8) is 0 Å². The van der Waals surface area contributed by atoms with Crippen LogP contribution in [0.3, 0.4) is 0 Å². The molecule has 1 aliphatic heterocycles. The zero-order valence-corrected chi connectivity index (χ0v) is 14.0. The second kappa shape index (κ2) is 6.16. The second-order valence-corrected chi connectivity index (χ2v) is 6.10. The van der Waals surface area contributed by atoms with Crippen molar-refractivity contribution >= 4 is 17.5 Å². The Morgan fingerprint density at radius 2 is 2.09 bits per heavy atom. The van der Waals surface area contributed by atoms with Crippen LogP contribution in [0.1, 0.15) is 36.0 Å². The highest BCUT2D eigenvalue weighted by atomic mass is 35.5. The van der Waals surface area contributed by atoms with E-state index in [4.69, 9.17) is 16.3 Å². The zero-order valence-electron chi connectivity index (χ0n) is 13.3. The summed E-state index contributed by atoms with van der Waals surface area (Å²) in [5, 5.41) is 8.46. The number of nitrogens with zero attached hydrogens (tertiary/aromatic N) is 5. The van der Waals surface area contributed by atoms with Crippen molar-refractivity contribution in [2.75, 3.05) is 6.54 Å². The fourth-order valence-corrected chi connectivity index (χ4v) is 2.69. The van der Waals surface area contributed by atoms with E-state index >= 15 is 0 Å². The van der Waals surface area contributed by atoms with E-state index in [0.717, 1.165) is 11.6 Å². The number of halogens is 1. The minimum absolute atomic E-state index is 0.0249. The first kappa shape index (κ1) is 15.7. The molecule has 3 rings (SSSR count). The summed E-state index contributed by atoms with van der Waals surface area (Å²) >= 11 is 6.15. The van der Waals surface area contributed by atoms with Crippen molar-refractivity contribution in [1.82, 2.24) is 24.6 Å². The highest BCUT2D eigenvalue weighted by molar-refractivity contribution is 6.33. The minimum atomic E-state index is -0.226. The largest absolute Gasteiger partial charge is 0.475 e. The van der Waals surface area contributed by atoms with Gasteiger partial charge in [0.15, 0.2) is 11.5 Å². The summed E-state index contributed by atoms with van der Waals surface area (Å²) in [5.41, 5.74) is 0.203. The lowest BCUT2D eigenvalue weighted by atomic mass is 10.2. The van der Waals surface area contributed by atoms with Crippen LogP contribution in [0, 0.1) is 6.92 Å². The number of rotatable bonds is 3. The number of pyridine rings is 1. The lowest BCUT2D eigenvalue weighted by molar-refractivity contribution is 0.0699. The Morgan fingerprint density at radius 1 is 1.30 bits per heavy atom. The van der Waals surface area contributed by atoms with Gasteiger partial charge in [0.1, 0.15) is 5.82 Å². The molecule has 0 saturated carbocycles. The predicted octanol–water partition coefficient (Wildman–Crippen LogP) is 2.08. The molecular weight excluding hydrogens is 318 g/mol. The van der Waals surface area contributed by atoms with Gasteiger partial charge in [0, 0.05) is 19.2 Å². The SMILES string of the molecule is Cc1nnc2n1CCN(C(=O)c1nc(OC(C)C)ccc1Cl)C2. The number of carbonyl (C=O) groups excluding carboxylic acids is 1. The number of aryl methyl sites for hydroxylation is 1. The third-order valence-corrected chi connectivity index (χ3v) is 3.91. The molecule has 0 atom stereocenters. The summed E-state index contributed by atoms with van der Waals surface area (Å²) in [6, 6.07) is 3.30. The average molecular weight is 336 g/mol. The molecule has 0 N–H and O–H groups in total. The lowest BCUT2D eigenvalue weighted by Gasteiger charge is -2.27. The molecule has 2 aromatic heterocycles. The topological polar surface area (TPSA) is 73.1 Å². The molecule has 0 saturated heterocycles. The molecule has 0 aliphatic carbocycles. The molecule has 7 nitrogen and oxygen atoms in total. The van der Waals surface area contributed by atoms with Crippen LogP contribution < -0.4 is 4.74 Å². The molecule has 8 heteroatoms. The van der Waals surface area contributed by atoms with Gasteiger partial charge in [-0.25, -0.2) is 4.98 Å². The molecule has 0 spiro atoms. The summed E-state index contributed by atoms with van der Waals surface area (Å²) in [6.45, 7) is 7.33. The lowest BCUT2D eigenvalue weighted by Crippen LogP contribution is -2.39. The average Bonchev–Trinajstić information content (AvgIpc) is 2.89. The van der Waals surface area contributed by atoms with E-state index in [9.17, 15) is 4.79 Å². The van der Waals surface area contributed by atoms with Gasteiger partial charge in [-0.2, -0.15) is 0 Å². The number of carbonyl (C=O) groups is 1. The van der Waals surface area contributed by atoms with Crippen LogP contribution >= 0.6 is 11.6 Å². The van der Waals surface area contributed by atoms with E-state index in [1.807, 2.05) is 25.3 Å². The summed E-state index contributed by atoms with van der Waals surface area (Å²) in [7, 11) is 0. The van der Waals surface area contributed by atoms with Crippen LogP contribution in [0.15, 0.2) is 12.1 Å². The van der Waals surface area contributed by atoms with E-state index in [2.05, 4.69) is 15.2 Å². The second-order valence-electron chi connectivity index (χ2n) is 5.69. The number of amides is 1. The Labute approximate surface area is 139 Å². The number of fused-ring (bicyclic) bond motifs is 1. The number of aromatic nitrogens is 4. The zero-order chi connectivity index (χ0) is 16.6. The van der Waals surface area contributed by atoms with Crippen LogP contribution in [-0.2, 0) is 13.1 Å². The Morgan fingerprint density at radius 3 is 2.83 bits per heavy atom. The highest BCUT2D eigenvalue weighted by Gasteiger charge is 2.26. The molecular formula is C15H18ClN5O2. The Hall–Kier alpha value is -2.15. The maximum absolute atomic E-state index is 12.7. The highest BCUT2D eigenvalue weighted by Crippen LogP contribution is 2.22. The van der Waals surface area contributed by atoms with Gasteiger partial charge in [0.05, 0.1) is 17.7 Å². The molecule has 0 radical (unpaired) electrons. The van der Waals surface area contributed by atoms with Gasteiger partial charge in [-0.1, -0.05) is 11.6 Å². The van der Waals surface area contributed by atoms with Crippen molar-refractivity contribution in [2.45, 2.75) is 40.0 Å². The fourth-order valence-electron chi connectivity index (χ4n) is 2.51. The van der Waals surface area contributed by atoms with Crippen molar-refractivity contribution in [2.24, 2.45) is 0 Å². The maximum Gasteiger partial charge on any atom is 0.274 e. The minimum Gasteiger partial charge on any atom is -0.475 e. The van der Waals surface area contributed by atoms with Gasteiger partial charge in [0.2, 0.25) is 5.88 Å². The molecule has 23 heavy (non-hydrogen) atoms. The normalized spacial score (nSPS) is 14.0. The summed E-state index contributed by atoms with van der Waals surface area (Å²) < 4.78 is 7.55. The molecule has 0 bridgehead atoms. The summed E-state index contributed by atoms with van der Waals surface area (Å²) in [6.07, 6.45) is -0.0249. The molecule has 1 amide bonds. The molecule has 122 valence electrons. The molecule has 2 aromatic rings. The van der Waals surface area contributed by atoms with Crippen LogP contribution in [0.5, 0.6) is 5.88 Å². The van der Waals surface area contributed by atoms with Gasteiger partial charge in [-0.15, -0.1) is 10.2 Å². The first-order chi connectivity index (χ1) is 11.0. The quantitative estimate of drug-likeness (QED) is 0.858. The summed E-state index contributed by atoms with van der Waals surface area (Å²) in [4.78, 5) is 18.7. The predicted molar refractivity (Wildman–Crippen MR) is 84.5 cm³/mol. The Balaban J connectivity index is 1.83. The molecule has 3 heterocycles. The first-order valence-electron chi connectivity index (χ1n) is 7.47. The molecule has 0 unspecified atom stereocenters. The van der Waals surface area contributed by atoms with Crippen LogP contribution in [0.4, 0.5) is 0 Å². The number of hydrogen-bond donors (Lipinski definition) is 0. The van der Waals surface area contributed by atoms with Crippen LogP contribution in [0.2, 0.25) is 5.02 Å². The van der Waals surface area contributed by atoms with E-state index < -0.39 is 0 Å². The maximum atomic E-state index is 12.7. The van der Waals surface area contributed by atoms with Gasteiger partial charge < -0.3 is 14.2 Å². The molecule has 0 fully saturated rings. The third-order valence-electron chi connectivity index (χ3n) is 3.60. The Kier molecular flexibility index (Phi) is 4.21. The smallest absolute Gasteiger partial charge is 0.274 e. The number of ether oxygens (including phenoxy) is 1. The van der Waals surface area contributed by atoms with Crippen molar-refractivity contribution < 1.29 is 9.53 Å². The van der Waals surface area contributed by atoms with E-state index in [-0.39, 0.29) is 17.7 Å². The van der Waals surface area contributed by atoms with E-state index in [0.29, 0.717) is 30.5 Å². The standard InChI is InChI=1S/C15H18ClN5O2/c1-9(2)23-13-5-4-11(16)14(17-13)15(22)20-6-7-21-10(3)18-19-12(21)8-20/h4-5,9H,6-8H2,1-3H3. The van der Waals surface area contributed by atoms with Crippen LogP contribution in [-0.4, -0.2) is 43.2 Å². The number of hydrogen-bond acceptors (Lipinski definition) is 5.